The highest BCUT2D eigenvalue weighted by Crippen LogP contribution is 2.32. The monoisotopic (exact) mass is 243 g/mol. The van der Waals surface area contributed by atoms with Crippen molar-refractivity contribution in [1.29, 1.82) is 0 Å². The normalized spacial score (nSPS) is 34.2. The molecule has 0 heterocycles. The van der Waals surface area contributed by atoms with E-state index < -0.39 is 0 Å². The molecule has 102 valence electrons. The smallest absolute Gasteiger partial charge is 0.0700 e. The number of likely N-dealkylation sites (N-methyl/N-ethyl adjacent to an activating group) is 1. The van der Waals surface area contributed by atoms with Crippen LogP contribution in [0.2, 0.25) is 0 Å². The van der Waals surface area contributed by atoms with E-state index >= 15 is 0 Å². The molecular formula is C14H29NO2. The molecule has 3 nitrogen and oxygen atoms in total. The number of hydrogen-bond acceptors (Lipinski definition) is 3. The van der Waals surface area contributed by atoms with Crippen molar-refractivity contribution in [1.82, 2.24) is 4.90 Å². The third-order valence-electron chi connectivity index (χ3n) is 3.95. The Labute approximate surface area is 106 Å². The third-order valence-corrected chi connectivity index (χ3v) is 3.95. The predicted octanol–water partition coefficient (Wildman–Crippen LogP) is 2.14. The first-order valence-corrected chi connectivity index (χ1v) is 7.09. The standard InChI is InChI=1S/C14H29NO2/c1-5-15(7-8-17-6-2)14-12(4)9-11(3)10-13(14)16/h11-14,16H,5-10H2,1-4H3. The summed E-state index contributed by atoms with van der Waals surface area (Å²) in [5.41, 5.74) is 0. The van der Waals surface area contributed by atoms with Gasteiger partial charge in [0.15, 0.2) is 0 Å². The van der Waals surface area contributed by atoms with E-state index in [0.29, 0.717) is 17.9 Å². The molecule has 1 saturated carbocycles. The number of aliphatic hydroxyl groups excluding tert-OH is 1. The SMILES string of the molecule is CCOCCN(CC)C1C(C)CC(C)CC1O. The molecule has 1 rings (SSSR count). The van der Waals surface area contributed by atoms with Crippen LogP contribution in [-0.4, -0.2) is 48.5 Å². The van der Waals surface area contributed by atoms with Crippen LogP contribution >= 0.6 is 0 Å². The van der Waals surface area contributed by atoms with Gasteiger partial charge in [-0.05, 0) is 38.1 Å². The lowest BCUT2D eigenvalue weighted by Crippen LogP contribution is -2.52. The Morgan fingerprint density at radius 3 is 2.47 bits per heavy atom. The highest BCUT2D eigenvalue weighted by molar-refractivity contribution is 4.89. The van der Waals surface area contributed by atoms with Crippen LogP contribution in [0.1, 0.15) is 40.5 Å². The van der Waals surface area contributed by atoms with Crippen molar-refractivity contribution >= 4 is 0 Å². The second-order valence-electron chi connectivity index (χ2n) is 5.44. The second-order valence-corrected chi connectivity index (χ2v) is 5.44. The molecule has 0 radical (unpaired) electrons. The first-order chi connectivity index (χ1) is 8.10. The van der Waals surface area contributed by atoms with Crippen LogP contribution in [0.15, 0.2) is 0 Å². The lowest BCUT2D eigenvalue weighted by atomic mass is 9.77. The van der Waals surface area contributed by atoms with Gasteiger partial charge in [0.25, 0.3) is 0 Å². The van der Waals surface area contributed by atoms with Crippen LogP contribution in [0, 0.1) is 11.8 Å². The molecule has 0 bridgehead atoms. The number of ether oxygens (including phenoxy) is 1. The van der Waals surface area contributed by atoms with Gasteiger partial charge in [0.2, 0.25) is 0 Å². The molecule has 0 aliphatic heterocycles. The molecule has 1 aliphatic carbocycles. The zero-order valence-corrected chi connectivity index (χ0v) is 11.9. The lowest BCUT2D eigenvalue weighted by Gasteiger charge is -2.43. The van der Waals surface area contributed by atoms with E-state index in [-0.39, 0.29) is 6.10 Å². The quantitative estimate of drug-likeness (QED) is 0.726. The molecule has 0 aromatic heterocycles. The van der Waals surface area contributed by atoms with E-state index in [9.17, 15) is 5.11 Å². The van der Waals surface area contributed by atoms with Gasteiger partial charge in [-0.2, -0.15) is 0 Å². The van der Waals surface area contributed by atoms with Crippen molar-refractivity contribution in [3.63, 3.8) is 0 Å². The maximum atomic E-state index is 10.3. The zero-order valence-electron chi connectivity index (χ0n) is 11.9. The number of rotatable bonds is 6. The summed E-state index contributed by atoms with van der Waals surface area (Å²) in [5.74, 6) is 1.23. The summed E-state index contributed by atoms with van der Waals surface area (Å²) in [6, 6.07) is 0.316. The van der Waals surface area contributed by atoms with Crippen LogP contribution in [0.4, 0.5) is 0 Å². The van der Waals surface area contributed by atoms with Crippen LogP contribution in [0.25, 0.3) is 0 Å². The topological polar surface area (TPSA) is 32.7 Å². The van der Waals surface area contributed by atoms with Crippen LogP contribution in [0.5, 0.6) is 0 Å². The van der Waals surface area contributed by atoms with Gasteiger partial charge in [0.1, 0.15) is 0 Å². The summed E-state index contributed by atoms with van der Waals surface area (Å²) >= 11 is 0. The molecule has 0 amide bonds. The maximum absolute atomic E-state index is 10.3. The van der Waals surface area contributed by atoms with E-state index in [2.05, 4.69) is 25.7 Å². The molecule has 0 saturated heterocycles. The van der Waals surface area contributed by atoms with Crippen molar-refractivity contribution in [3.05, 3.63) is 0 Å². The van der Waals surface area contributed by atoms with Crippen LogP contribution in [0.3, 0.4) is 0 Å². The minimum absolute atomic E-state index is 0.171. The average Bonchev–Trinajstić information content (AvgIpc) is 2.25. The van der Waals surface area contributed by atoms with E-state index in [1.807, 2.05) is 6.92 Å². The van der Waals surface area contributed by atoms with Gasteiger partial charge in [-0.15, -0.1) is 0 Å². The molecular weight excluding hydrogens is 214 g/mol. The van der Waals surface area contributed by atoms with Crippen molar-refractivity contribution in [2.24, 2.45) is 11.8 Å². The summed E-state index contributed by atoms with van der Waals surface area (Å²) in [5, 5.41) is 10.3. The molecule has 4 unspecified atom stereocenters. The fraction of sp³-hybridized carbons (Fsp3) is 1.00. The third kappa shape index (κ3) is 4.23. The summed E-state index contributed by atoms with van der Waals surface area (Å²) in [7, 11) is 0. The average molecular weight is 243 g/mol. The summed E-state index contributed by atoms with van der Waals surface area (Å²) in [6.45, 7) is 12.2. The first-order valence-electron chi connectivity index (χ1n) is 7.09. The molecule has 1 aliphatic rings. The van der Waals surface area contributed by atoms with Crippen molar-refractivity contribution in [3.8, 4) is 0 Å². The molecule has 17 heavy (non-hydrogen) atoms. The Kier molecular flexibility index (Phi) is 6.45. The summed E-state index contributed by atoms with van der Waals surface area (Å²) in [4.78, 5) is 2.39. The molecule has 0 aromatic rings. The van der Waals surface area contributed by atoms with Gasteiger partial charge >= 0.3 is 0 Å². The lowest BCUT2D eigenvalue weighted by molar-refractivity contribution is -0.0313. The molecule has 0 aromatic carbocycles. The second kappa shape index (κ2) is 7.34. The minimum Gasteiger partial charge on any atom is -0.391 e. The fourth-order valence-corrected chi connectivity index (χ4v) is 3.25. The van der Waals surface area contributed by atoms with Crippen molar-refractivity contribution < 1.29 is 9.84 Å². The molecule has 0 spiro atoms. The van der Waals surface area contributed by atoms with Gasteiger partial charge in [0.05, 0.1) is 12.7 Å². The predicted molar refractivity (Wildman–Crippen MR) is 71.1 cm³/mol. The van der Waals surface area contributed by atoms with Gasteiger partial charge in [-0.3, -0.25) is 4.90 Å². The van der Waals surface area contributed by atoms with E-state index in [1.165, 1.54) is 6.42 Å². The summed E-state index contributed by atoms with van der Waals surface area (Å²) < 4.78 is 5.42. The van der Waals surface area contributed by atoms with E-state index in [1.54, 1.807) is 0 Å². The van der Waals surface area contributed by atoms with Crippen molar-refractivity contribution in [2.45, 2.75) is 52.7 Å². The Morgan fingerprint density at radius 1 is 1.24 bits per heavy atom. The molecule has 3 heteroatoms. The fourth-order valence-electron chi connectivity index (χ4n) is 3.25. The van der Waals surface area contributed by atoms with Crippen molar-refractivity contribution in [2.75, 3.05) is 26.3 Å². The molecule has 1 N–H and O–H groups in total. The Morgan fingerprint density at radius 2 is 1.94 bits per heavy atom. The van der Waals surface area contributed by atoms with Gasteiger partial charge in [-0.1, -0.05) is 20.8 Å². The number of hydrogen-bond donors (Lipinski definition) is 1. The Bertz CT molecular complexity index is 198. The first kappa shape index (κ1) is 14.9. The van der Waals surface area contributed by atoms with Gasteiger partial charge in [0, 0.05) is 19.2 Å². The largest absolute Gasteiger partial charge is 0.391 e. The Hall–Kier alpha value is -0.120. The number of nitrogens with zero attached hydrogens (tertiary/aromatic N) is 1. The maximum Gasteiger partial charge on any atom is 0.0700 e. The van der Waals surface area contributed by atoms with E-state index in [0.717, 1.165) is 32.7 Å². The minimum atomic E-state index is -0.171. The van der Waals surface area contributed by atoms with Gasteiger partial charge < -0.3 is 9.84 Å². The molecule has 1 fully saturated rings. The number of aliphatic hydroxyl groups is 1. The van der Waals surface area contributed by atoms with Gasteiger partial charge in [-0.25, -0.2) is 0 Å². The highest BCUT2D eigenvalue weighted by Gasteiger charge is 2.35. The summed E-state index contributed by atoms with van der Waals surface area (Å²) in [6.07, 6.45) is 2.00. The van der Waals surface area contributed by atoms with Crippen LogP contribution in [-0.2, 0) is 4.74 Å². The zero-order chi connectivity index (χ0) is 12.8. The van der Waals surface area contributed by atoms with Crippen LogP contribution < -0.4 is 0 Å². The Balaban J connectivity index is 2.53. The highest BCUT2D eigenvalue weighted by atomic mass is 16.5. The molecule has 4 atom stereocenters. The van der Waals surface area contributed by atoms with E-state index in [4.69, 9.17) is 4.74 Å².